The summed E-state index contributed by atoms with van der Waals surface area (Å²) < 4.78 is 22.8. The van der Waals surface area contributed by atoms with Crippen molar-refractivity contribution in [3.63, 3.8) is 0 Å². The highest BCUT2D eigenvalue weighted by atomic mass is 32.2. The van der Waals surface area contributed by atoms with Gasteiger partial charge >= 0.3 is 0 Å². The fourth-order valence-corrected chi connectivity index (χ4v) is 5.42. The number of ether oxygens (including phenoxy) is 4. The van der Waals surface area contributed by atoms with Crippen LogP contribution < -0.4 is 0 Å². The van der Waals surface area contributed by atoms with Crippen LogP contribution in [0.25, 0.3) is 4.91 Å². The van der Waals surface area contributed by atoms with E-state index in [1.54, 1.807) is 16.9 Å². The normalized spacial score (nSPS) is 28.6. The van der Waals surface area contributed by atoms with Gasteiger partial charge in [-0.15, -0.1) is 23.1 Å². The molecule has 0 unspecified atom stereocenters. The van der Waals surface area contributed by atoms with E-state index < -0.39 is 0 Å². The second-order valence-electron chi connectivity index (χ2n) is 5.66. The molecule has 0 aromatic carbocycles. The van der Waals surface area contributed by atoms with E-state index in [1.165, 1.54) is 16.2 Å². The van der Waals surface area contributed by atoms with Crippen LogP contribution in [0, 0.1) is 0 Å². The minimum absolute atomic E-state index is 0.275. The zero-order valence-corrected chi connectivity index (χ0v) is 13.6. The lowest BCUT2D eigenvalue weighted by molar-refractivity contribution is -0.0613. The number of hydrogen-bond acceptors (Lipinski definition) is 6. The van der Waals surface area contributed by atoms with Crippen LogP contribution in [0.15, 0.2) is 23.8 Å². The maximum absolute atomic E-state index is 5.71. The van der Waals surface area contributed by atoms with Gasteiger partial charge in [-0.05, 0) is 18.6 Å². The summed E-state index contributed by atoms with van der Waals surface area (Å²) in [5.74, 6) is 0. The summed E-state index contributed by atoms with van der Waals surface area (Å²) in [6.07, 6.45) is 5.17. The quantitative estimate of drug-likeness (QED) is 0.842. The monoisotopic (exact) mass is 336 g/mol. The lowest BCUT2D eigenvalue weighted by atomic mass is 10.2. The molecule has 6 heteroatoms. The van der Waals surface area contributed by atoms with Crippen LogP contribution in [-0.2, 0) is 18.9 Å². The third-order valence-electron chi connectivity index (χ3n) is 4.14. The maximum atomic E-state index is 5.71. The molecule has 4 aliphatic rings. The number of allylic oxidation sites excluding steroid dienone is 2. The second-order valence-corrected chi connectivity index (χ2v) is 7.99. The average Bonchev–Trinajstić information content (AvgIpc) is 3.03. The molecule has 4 heterocycles. The minimum atomic E-state index is -0.283. The second kappa shape index (κ2) is 5.47. The van der Waals surface area contributed by atoms with E-state index in [-0.39, 0.29) is 12.6 Å². The number of rotatable bonds is 3. The molecule has 1 aromatic heterocycles. The fraction of sp³-hybridized carbons (Fsp3) is 0.500. The molecule has 0 N–H and O–H groups in total. The smallest absolute Gasteiger partial charge is 0.193 e. The first-order chi connectivity index (χ1) is 10.9. The summed E-state index contributed by atoms with van der Waals surface area (Å²) in [5.41, 5.74) is 2.63. The van der Waals surface area contributed by atoms with Gasteiger partial charge in [-0.1, -0.05) is 11.6 Å². The van der Waals surface area contributed by atoms with Gasteiger partial charge in [-0.25, -0.2) is 0 Å². The lowest BCUT2D eigenvalue weighted by Gasteiger charge is -2.13. The van der Waals surface area contributed by atoms with Gasteiger partial charge in [0, 0.05) is 20.6 Å². The Labute approximate surface area is 137 Å². The van der Waals surface area contributed by atoms with Crippen molar-refractivity contribution < 1.29 is 18.9 Å². The Kier molecular flexibility index (Phi) is 3.43. The summed E-state index contributed by atoms with van der Waals surface area (Å²) in [7, 11) is 0. The van der Waals surface area contributed by atoms with Crippen LogP contribution in [0.4, 0.5) is 0 Å². The molecule has 0 amide bonds. The molecule has 0 radical (unpaired) electrons. The number of hydrogen-bond donors (Lipinski definition) is 0. The van der Waals surface area contributed by atoms with E-state index in [9.17, 15) is 0 Å². The standard InChI is InChI=1S/C16H16O4S2/c1-2-11(21-12-7-9(1)12)13-8-10(15-17-3-4-18-15)14(22-13)16-19-5-6-20-16/h1-2,8,12,15-16H,3-7H2/t12-/m1/s1. The number of thiophene rings is 1. The molecule has 5 rings (SSSR count). The molecule has 1 atom stereocenters. The van der Waals surface area contributed by atoms with Crippen LogP contribution in [0.1, 0.15) is 34.3 Å². The van der Waals surface area contributed by atoms with Gasteiger partial charge in [0.2, 0.25) is 0 Å². The third-order valence-corrected chi connectivity index (χ3v) is 6.84. The van der Waals surface area contributed by atoms with Gasteiger partial charge in [0.1, 0.15) is 0 Å². The van der Waals surface area contributed by atoms with Gasteiger partial charge in [-0.2, -0.15) is 0 Å². The largest absolute Gasteiger partial charge is 0.346 e. The number of thioether (sulfide) groups is 1. The third kappa shape index (κ3) is 2.38. The van der Waals surface area contributed by atoms with Gasteiger partial charge in [0.25, 0.3) is 0 Å². The fourth-order valence-electron chi connectivity index (χ4n) is 2.92. The van der Waals surface area contributed by atoms with Crippen molar-refractivity contribution in [1.29, 1.82) is 0 Å². The molecule has 4 nitrogen and oxygen atoms in total. The van der Waals surface area contributed by atoms with E-state index >= 15 is 0 Å². The zero-order chi connectivity index (χ0) is 14.5. The first-order valence-electron chi connectivity index (χ1n) is 7.56. The van der Waals surface area contributed by atoms with Crippen molar-refractivity contribution >= 4 is 28.0 Å². The Morgan fingerprint density at radius 1 is 0.909 bits per heavy atom. The average molecular weight is 336 g/mol. The summed E-state index contributed by atoms with van der Waals surface area (Å²) >= 11 is 3.70. The van der Waals surface area contributed by atoms with Crippen molar-refractivity contribution in [2.45, 2.75) is 24.3 Å². The minimum Gasteiger partial charge on any atom is -0.346 e. The van der Waals surface area contributed by atoms with Crippen molar-refractivity contribution in [2.75, 3.05) is 26.4 Å². The van der Waals surface area contributed by atoms with Gasteiger partial charge in [0.15, 0.2) is 12.6 Å². The van der Waals surface area contributed by atoms with Crippen molar-refractivity contribution in [3.8, 4) is 0 Å². The van der Waals surface area contributed by atoms with Crippen LogP contribution in [0.5, 0.6) is 0 Å². The summed E-state index contributed by atoms with van der Waals surface area (Å²) in [6.45, 7) is 2.59. The Balaban J connectivity index is 1.51. The molecular weight excluding hydrogens is 320 g/mol. The lowest BCUT2D eigenvalue weighted by Crippen LogP contribution is -2.04. The highest BCUT2D eigenvalue weighted by Crippen LogP contribution is 2.53. The van der Waals surface area contributed by atoms with Crippen LogP contribution in [0.2, 0.25) is 0 Å². The molecule has 0 spiro atoms. The molecule has 3 fully saturated rings. The molecular formula is C16H16O4S2. The molecule has 1 aromatic rings. The van der Waals surface area contributed by atoms with Gasteiger partial charge in [-0.3, -0.25) is 0 Å². The molecule has 1 saturated carbocycles. The van der Waals surface area contributed by atoms with Crippen LogP contribution in [0.3, 0.4) is 0 Å². The van der Waals surface area contributed by atoms with Gasteiger partial charge in [0.05, 0.1) is 31.3 Å². The molecule has 2 saturated heterocycles. The highest BCUT2D eigenvalue weighted by molar-refractivity contribution is 8.09. The zero-order valence-electron chi connectivity index (χ0n) is 11.9. The Hall–Kier alpha value is -0.630. The molecule has 3 aliphatic heterocycles. The first-order valence-corrected chi connectivity index (χ1v) is 9.26. The number of fused-ring (bicyclic) bond motifs is 1. The molecule has 1 aliphatic carbocycles. The highest BCUT2D eigenvalue weighted by Gasteiger charge is 2.35. The van der Waals surface area contributed by atoms with E-state index in [2.05, 4.69) is 18.2 Å². The van der Waals surface area contributed by atoms with Crippen molar-refractivity contribution in [3.05, 3.63) is 39.1 Å². The van der Waals surface area contributed by atoms with E-state index in [1.807, 2.05) is 11.8 Å². The maximum Gasteiger partial charge on any atom is 0.193 e. The van der Waals surface area contributed by atoms with E-state index in [4.69, 9.17) is 18.9 Å². The van der Waals surface area contributed by atoms with E-state index in [0.717, 1.165) is 10.4 Å². The van der Waals surface area contributed by atoms with E-state index in [0.29, 0.717) is 31.7 Å². The Morgan fingerprint density at radius 2 is 1.64 bits per heavy atom. The predicted octanol–water partition coefficient (Wildman–Crippen LogP) is 3.63. The van der Waals surface area contributed by atoms with Crippen LogP contribution in [-0.4, -0.2) is 31.7 Å². The van der Waals surface area contributed by atoms with Crippen LogP contribution >= 0.6 is 23.1 Å². The van der Waals surface area contributed by atoms with Crippen molar-refractivity contribution in [2.24, 2.45) is 0 Å². The Bertz CT molecular complexity index is 618. The summed E-state index contributed by atoms with van der Waals surface area (Å²) in [6, 6.07) is 2.20. The first kappa shape index (κ1) is 13.8. The summed E-state index contributed by atoms with van der Waals surface area (Å²) in [5, 5.41) is 0.701. The SMILES string of the molecule is C1=C(c2cc(C3OCCO3)c(C3OCCO3)s2)S[C@@H]2CC2=C1. The van der Waals surface area contributed by atoms with Crippen molar-refractivity contribution in [1.82, 2.24) is 0 Å². The topological polar surface area (TPSA) is 36.9 Å². The van der Waals surface area contributed by atoms with Gasteiger partial charge < -0.3 is 18.9 Å². The Morgan fingerprint density at radius 3 is 2.36 bits per heavy atom. The summed E-state index contributed by atoms with van der Waals surface area (Å²) in [4.78, 5) is 3.68. The molecule has 0 bridgehead atoms. The predicted molar refractivity (Wildman–Crippen MR) is 85.7 cm³/mol. The molecule has 22 heavy (non-hydrogen) atoms. The molecule has 116 valence electrons.